The van der Waals surface area contributed by atoms with Gasteiger partial charge < -0.3 is 4.90 Å². The summed E-state index contributed by atoms with van der Waals surface area (Å²) in [6.07, 6.45) is 3.65. The van der Waals surface area contributed by atoms with Crippen LogP contribution in [0.3, 0.4) is 0 Å². The summed E-state index contributed by atoms with van der Waals surface area (Å²) in [5.74, 6) is -0.00384. The van der Waals surface area contributed by atoms with E-state index < -0.39 is 0 Å². The van der Waals surface area contributed by atoms with Gasteiger partial charge in [-0.05, 0) is 27.7 Å². The van der Waals surface area contributed by atoms with Crippen LogP contribution in [0, 0.1) is 13.8 Å². The third-order valence-electron chi connectivity index (χ3n) is 3.76. The summed E-state index contributed by atoms with van der Waals surface area (Å²) >= 11 is 0. The molecule has 0 saturated heterocycles. The predicted octanol–water partition coefficient (Wildman–Crippen LogP) is 2.01. The number of aryl methyl sites for hydroxylation is 3. The quantitative estimate of drug-likeness (QED) is 0.846. The summed E-state index contributed by atoms with van der Waals surface area (Å²) in [4.78, 5) is 14.2. The Labute approximate surface area is 125 Å². The highest BCUT2D eigenvalue weighted by Crippen LogP contribution is 2.14. The second-order valence-electron chi connectivity index (χ2n) is 5.22. The van der Waals surface area contributed by atoms with Crippen molar-refractivity contribution in [2.45, 2.75) is 47.3 Å². The minimum absolute atomic E-state index is 0.00384. The lowest BCUT2D eigenvalue weighted by molar-refractivity contribution is 0.0784. The van der Waals surface area contributed by atoms with Crippen molar-refractivity contribution in [1.82, 2.24) is 24.5 Å². The van der Waals surface area contributed by atoms with Gasteiger partial charge in [0.2, 0.25) is 0 Å². The molecule has 1 amide bonds. The number of carbonyl (C=O) groups is 1. The molecule has 114 valence electrons. The summed E-state index contributed by atoms with van der Waals surface area (Å²) in [7, 11) is 1.81. The van der Waals surface area contributed by atoms with Crippen LogP contribution < -0.4 is 0 Å². The Morgan fingerprint density at radius 3 is 2.52 bits per heavy atom. The van der Waals surface area contributed by atoms with Gasteiger partial charge in [0.05, 0.1) is 17.5 Å². The zero-order chi connectivity index (χ0) is 15.6. The smallest absolute Gasteiger partial charge is 0.257 e. The topological polar surface area (TPSA) is 56.0 Å². The Hall–Kier alpha value is -2.11. The standard InChI is InChI=1S/C15H23N5O/c1-6-19-10-14(11(3)17-19)15(21)18(5)9-13-8-16-20(7-2)12(13)4/h8,10H,6-7,9H2,1-5H3. The summed E-state index contributed by atoms with van der Waals surface area (Å²) in [5, 5.41) is 8.64. The van der Waals surface area contributed by atoms with Crippen LogP contribution >= 0.6 is 0 Å². The lowest BCUT2D eigenvalue weighted by Crippen LogP contribution is -2.26. The Balaban J connectivity index is 2.15. The maximum atomic E-state index is 12.5. The molecule has 2 rings (SSSR count). The first-order valence-electron chi connectivity index (χ1n) is 7.28. The Morgan fingerprint density at radius 1 is 1.29 bits per heavy atom. The van der Waals surface area contributed by atoms with Crippen molar-refractivity contribution >= 4 is 5.91 Å². The monoisotopic (exact) mass is 289 g/mol. The van der Waals surface area contributed by atoms with E-state index in [1.54, 1.807) is 9.58 Å². The van der Waals surface area contributed by atoms with E-state index >= 15 is 0 Å². The molecule has 2 heterocycles. The summed E-state index contributed by atoms with van der Waals surface area (Å²) in [5.41, 5.74) is 3.63. The predicted molar refractivity (Wildman–Crippen MR) is 81.1 cm³/mol. The fraction of sp³-hybridized carbons (Fsp3) is 0.533. The highest BCUT2D eigenvalue weighted by molar-refractivity contribution is 5.94. The van der Waals surface area contributed by atoms with Crippen molar-refractivity contribution in [3.05, 3.63) is 34.9 Å². The van der Waals surface area contributed by atoms with Gasteiger partial charge in [0.25, 0.3) is 5.91 Å². The van der Waals surface area contributed by atoms with Crippen molar-refractivity contribution in [1.29, 1.82) is 0 Å². The van der Waals surface area contributed by atoms with Gasteiger partial charge in [-0.2, -0.15) is 10.2 Å². The molecule has 0 fully saturated rings. The maximum absolute atomic E-state index is 12.5. The molecule has 0 aliphatic rings. The summed E-state index contributed by atoms with van der Waals surface area (Å²) in [6, 6.07) is 0. The molecule has 0 N–H and O–H groups in total. The summed E-state index contributed by atoms with van der Waals surface area (Å²) < 4.78 is 3.73. The molecule has 0 radical (unpaired) electrons. The van der Waals surface area contributed by atoms with Crippen LogP contribution in [0.1, 0.15) is 41.2 Å². The molecule has 6 heteroatoms. The maximum Gasteiger partial charge on any atom is 0.257 e. The van der Waals surface area contributed by atoms with E-state index in [1.807, 2.05) is 44.9 Å². The number of aromatic nitrogens is 4. The third-order valence-corrected chi connectivity index (χ3v) is 3.76. The molecular weight excluding hydrogens is 266 g/mol. The van der Waals surface area contributed by atoms with Gasteiger partial charge in [0, 0.05) is 44.1 Å². The molecular formula is C15H23N5O. The number of rotatable bonds is 5. The number of hydrogen-bond acceptors (Lipinski definition) is 3. The minimum Gasteiger partial charge on any atom is -0.337 e. The van der Waals surface area contributed by atoms with Crippen LogP contribution in [0.2, 0.25) is 0 Å². The van der Waals surface area contributed by atoms with Crippen LogP contribution in [0.5, 0.6) is 0 Å². The second kappa shape index (κ2) is 6.11. The average molecular weight is 289 g/mol. The van der Waals surface area contributed by atoms with Gasteiger partial charge in [-0.1, -0.05) is 0 Å². The van der Waals surface area contributed by atoms with E-state index in [0.717, 1.165) is 30.0 Å². The number of carbonyl (C=O) groups excluding carboxylic acids is 1. The van der Waals surface area contributed by atoms with Crippen molar-refractivity contribution in [3.8, 4) is 0 Å². The number of hydrogen-bond donors (Lipinski definition) is 0. The van der Waals surface area contributed by atoms with Crippen LogP contribution in [0.15, 0.2) is 12.4 Å². The lowest BCUT2D eigenvalue weighted by atomic mass is 10.2. The molecule has 21 heavy (non-hydrogen) atoms. The minimum atomic E-state index is -0.00384. The number of nitrogens with zero attached hydrogens (tertiary/aromatic N) is 5. The van der Waals surface area contributed by atoms with Gasteiger partial charge in [-0.25, -0.2) is 0 Å². The largest absolute Gasteiger partial charge is 0.337 e. The van der Waals surface area contributed by atoms with E-state index in [-0.39, 0.29) is 5.91 Å². The fourth-order valence-corrected chi connectivity index (χ4v) is 2.38. The van der Waals surface area contributed by atoms with Gasteiger partial charge >= 0.3 is 0 Å². The first-order valence-corrected chi connectivity index (χ1v) is 7.28. The molecule has 0 unspecified atom stereocenters. The zero-order valence-electron chi connectivity index (χ0n) is 13.4. The molecule has 0 saturated carbocycles. The van der Waals surface area contributed by atoms with Gasteiger partial charge in [0.15, 0.2) is 0 Å². The van der Waals surface area contributed by atoms with Crippen molar-refractivity contribution in [2.75, 3.05) is 7.05 Å². The molecule has 0 atom stereocenters. The van der Waals surface area contributed by atoms with E-state index in [2.05, 4.69) is 17.1 Å². The molecule has 0 spiro atoms. The molecule has 6 nitrogen and oxygen atoms in total. The molecule has 2 aromatic heterocycles. The first kappa shape index (κ1) is 15.3. The third kappa shape index (κ3) is 2.99. The molecule has 0 aliphatic carbocycles. The first-order chi connectivity index (χ1) is 9.97. The normalized spacial score (nSPS) is 10.9. The highest BCUT2D eigenvalue weighted by Gasteiger charge is 2.18. The van der Waals surface area contributed by atoms with Crippen LogP contribution in [0.4, 0.5) is 0 Å². The van der Waals surface area contributed by atoms with E-state index in [1.165, 1.54) is 0 Å². The Bertz CT molecular complexity index is 641. The van der Waals surface area contributed by atoms with Crippen LogP contribution in [-0.2, 0) is 19.6 Å². The van der Waals surface area contributed by atoms with Crippen molar-refractivity contribution in [3.63, 3.8) is 0 Å². The fourth-order valence-electron chi connectivity index (χ4n) is 2.38. The Kier molecular flexibility index (Phi) is 4.45. The van der Waals surface area contributed by atoms with E-state index in [9.17, 15) is 4.79 Å². The van der Waals surface area contributed by atoms with Crippen LogP contribution in [-0.4, -0.2) is 37.4 Å². The highest BCUT2D eigenvalue weighted by atomic mass is 16.2. The molecule has 2 aromatic rings. The van der Waals surface area contributed by atoms with E-state index in [0.29, 0.717) is 12.1 Å². The molecule has 0 aromatic carbocycles. The van der Waals surface area contributed by atoms with Crippen LogP contribution in [0.25, 0.3) is 0 Å². The van der Waals surface area contributed by atoms with Crippen molar-refractivity contribution < 1.29 is 4.79 Å². The zero-order valence-corrected chi connectivity index (χ0v) is 13.4. The van der Waals surface area contributed by atoms with Gasteiger partial charge in [-0.3, -0.25) is 14.2 Å². The van der Waals surface area contributed by atoms with Gasteiger partial charge in [0.1, 0.15) is 0 Å². The molecule has 0 aliphatic heterocycles. The SMILES string of the molecule is CCn1cc(C(=O)N(C)Cc2cnn(CC)c2C)c(C)n1. The number of amides is 1. The molecule has 0 bridgehead atoms. The van der Waals surface area contributed by atoms with E-state index in [4.69, 9.17) is 0 Å². The second-order valence-corrected chi connectivity index (χ2v) is 5.22. The lowest BCUT2D eigenvalue weighted by Gasteiger charge is -2.16. The Morgan fingerprint density at radius 2 is 2.00 bits per heavy atom. The van der Waals surface area contributed by atoms with Gasteiger partial charge in [-0.15, -0.1) is 0 Å². The summed E-state index contributed by atoms with van der Waals surface area (Å²) in [6.45, 7) is 10.1. The average Bonchev–Trinajstić information content (AvgIpc) is 3.01. The van der Waals surface area contributed by atoms with Crippen molar-refractivity contribution in [2.24, 2.45) is 0 Å².